The summed E-state index contributed by atoms with van der Waals surface area (Å²) < 4.78 is 18.9. The normalized spacial score (nSPS) is 16.5. The molecule has 39 heavy (non-hydrogen) atoms. The molecule has 0 saturated carbocycles. The molecule has 0 fully saturated rings. The monoisotopic (exact) mass is 558 g/mol. The fourth-order valence-electron chi connectivity index (χ4n) is 4.70. The molecular formula is C30H23ClN2O5S. The summed E-state index contributed by atoms with van der Waals surface area (Å²) in [6, 6.07) is 21.4. The Morgan fingerprint density at radius 2 is 1.82 bits per heavy atom. The zero-order valence-electron chi connectivity index (χ0n) is 20.9. The van der Waals surface area contributed by atoms with E-state index < -0.39 is 12.0 Å². The third-order valence-electron chi connectivity index (χ3n) is 6.42. The van der Waals surface area contributed by atoms with Gasteiger partial charge in [0.2, 0.25) is 0 Å². The van der Waals surface area contributed by atoms with Crippen molar-refractivity contribution in [1.82, 2.24) is 4.57 Å². The Morgan fingerprint density at radius 1 is 1.08 bits per heavy atom. The van der Waals surface area contributed by atoms with Gasteiger partial charge < -0.3 is 14.2 Å². The van der Waals surface area contributed by atoms with Crippen molar-refractivity contribution in [2.75, 3.05) is 19.8 Å². The van der Waals surface area contributed by atoms with Gasteiger partial charge >= 0.3 is 5.97 Å². The minimum atomic E-state index is -0.754. The topological polar surface area (TPSA) is 79.1 Å². The molecule has 1 aromatic heterocycles. The van der Waals surface area contributed by atoms with E-state index in [1.54, 1.807) is 29.7 Å². The summed E-state index contributed by atoms with van der Waals surface area (Å²) in [7, 11) is 0. The summed E-state index contributed by atoms with van der Waals surface area (Å²) in [6.07, 6.45) is 1.80. The molecule has 0 unspecified atom stereocenters. The maximum absolute atomic E-state index is 14.0. The fraction of sp³-hybridized carbons (Fsp3) is 0.167. The molecule has 4 aromatic rings. The first-order valence-corrected chi connectivity index (χ1v) is 13.7. The van der Waals surface area contributed by atoms with Crippen LogP contribution in [0.4, 0.5) is 0 Å². The lowest BCUT2D eigenvalue weighted by atomic mass is 9.93. The first kappa shape index (κ1) is 25.2. The SMILES string of the molecule is CCOC(=O)C1=C(c2ccccc2)N=c2s/c(=C/c3ccc4c(c3)OCCO4)c(=O)n2[C@@H]1c1ccc(Cl)cc1. The van der Waals surface area contributed by atoms with Crippen LogP contribution in [0.1, 0.15) is 29.7 Å². The number of halogens is 1. The van der Waals surface area contributed by atoms with Crippen molar-refractivity contribution in [3.8, 4) is 11.5 Å². The number of fused-ring (bicyclic) bond motifs is 2. The highest BCUT2D eigenvalue weighted by atomic mass is 35.5. The molecule has 196 valence electrons. The van der Waals surface area contributed by atoms with E-state index >= 15 is 0 Å². The van der Waals surface area contributed by atoms with Gasteiger partial charge in [0.15, 0.2) is 16.3 Å². The molecule has 0 bridgehead atoms. The summed E-state index contributed by atoms with van der Waals surface area (Å²) in [5, 5.41) is 0.551. The lowest BCUT2D eigenvalue weighted by Crippen LogP contribution is -2.40. The van der Waals surface area contributed by atoms with Gasteiger partial charge in [-0.15, -0.1) is 0 Å². The molecule has 6 rings (SSSR count). The Balaban J connectivity index is 1.60. The number of carbonyl (C=O) groups is 1. The molecule has 0 radical (unpaired) electrons. The van der Waals surface area contributed by atoms with Crippen LogP contribution in [-0.2, 0) is 9.53 Å². The van der Waals surface area contributed by atoms with Gasteiger partial charge in [-0.1, -0.05) is 71.5 Å². The predicted molar refractivity (Wildman–Crippen MR) is 150 cm³/mol. The largest absolute Gasteiger partial charge is 0.486 e. The van der Waals surface area contributed by atoms with Crippen LogP contribution in [0.15, 0.2) is 88.2 Å². The number of rotatable bonds is 5. The zero-order chi connectivity index (χ0) is 26.9. The molecule has 0 spiro atoms. The summed E-state index contributed by atoms with van der Waals surface area (Å²) in [5.74, 6) is 0.785. The molecule has 7 nitrogen and oxygen atoms in total. The number of esters is 1. The third kappa shape index (κ3) is 4.77. The Morgan fingerprint density at radius 3 is 2.56 bits per heavy atom. The van der Waals surface area contributed by atoms with Crippen LogP contribution < -0.4 is 24.4 Å². The van der Waals surface area contributed by atoms with E-state index in [1.807, 2.05) is 60.7 Å². The van der Waals surface area contributed by atoms with Crippen LogP contribution in [0.25, 0.3) is 11.8 Å². The van der Waals surface area contributed by atoms with Crippen LogP contribution in [-0.4, -0.2) is 30.4 Å². The molecule has 9 heteroatoms. The summed E-state index contributed by atoms with van der Waals surface area (Å²) in [6.45, 7) is 2.91. The molecule has 0 saturated heterocycles. The molecule has 2 aliphatic rings. The van der Waals surface area contributed by atoms with Gasteiger partial charge in [-0.2, -0.15) is 0 Å². The lowest BCUT2D eigenvalue weighted by molar-refractivity contribution is -0.138. The van der Waals surface area contributed by atoms with Gasteiger partial charge in [-0.3, -0.25) is 9.36 Å². The maximum atomic E-state index is 14.0. The number of ether oxygens (including phenoxy) is 3. The van der Waals surface area contributed by atoms with Crippen molar-refractivity contribution in [2.24, 2.45) is 4.99 Å². The third-order valence-corrected chi connectivity index (χ3v) is 7.66. The Hall–Kier alpha value is -4.14. The summed E-state index contributed by atoms with van der Waals surface area (Å²) in [4.78, 5) is 32.8. The van der Waals surface area contributed by atoms with Gasteiger partial charge in [0.1, 0.15) is 13.2 Å². The van der Waals surface area contributed by atoms with Crippen molar-refractivity contribution in [1.29, 1.82) is 0 Å². The number of thiazole rings is 1. The first-order chi connectivity index (χ1) is 19.0. The molecule has 3 heterocycles. The first-order valence-electron chi connectivity index (χ1n) is 12.5. The maximum Gasteiger partial charge on any atom is 0.338 e. The van der Waals surface area contributed by atoms with Crippen molar-refractivity contribution >= 4 is 40.7 Å². The van der Waals surface area contributed by atoms with Crippen molar-refractivity contribution < 1.29 is 19.0 Å². The van der Waals surface area contributed by atoms with Gasteiger partial charge in [0, 0.05) is 10.6 Å². The number of hydrogen-bond acceptors (Lipinski definition) is 7. The second kappa shape index (κ2) is 10.6. The Labute approximate surface area is 232 Å². The second-order valence-electron chi connectivity index (χ2n) is 8.89. The van der Waals surface area contributed by atoms with Crippen molar-refractivity contribution in [2.45, 2.75) is 13.0 Å². The van der Waals surface area contributed by atoms with Crippen LogP contribution in [0.5, 0.6) is 11.5 Å². The van der Waals surface area contributed by atoms with E-state index in [0.29, 0.717) is 50.3 Å². The minimum absolute atomic E-state index is 0.187. The number of carbonyl (C=O) groups excluding carboxylic acids is 1. The smallest absolute Gasteiger partial charge is 0.338 e. The quantitative estimate of drug-likeness (QED) is 0.340. The number of benzene rings is 3. The average molecular weight is 559 g/mol. The highest BCUT2D eigenvalue weighted by Crippen LogP contribution is 2.35. The highest BCUT2D eigenvalue weighted by Gasteiger charge is 2.35. The summed E-state index contributed by atoms with van der Waals surface area (Å²) >= 11 is 7.45. The zero-order valence-corrected chi connectivity index (χ0v) is 22.5. The molecule has 0 aliphatic carbocycles. The number of nitrogens with zero attached hydrogens (tertiary/aromatic N) is 2. The fourth-order valence-corrected chi connectivity index (χ4v) is 5.83. The van der Waals surface area contributed by atoms with E-state index in [1.165, 1.54) is 11.3 Å². The predicted octanol–water partition coefficient (Wildman–Crippen LogP) is 4.36. The summed E-state index contributed by atoms with van der Waals surface area (Å²) in [5.41, 5.74) is 2.77. The standard InChI is InChI=1S/C30H23ClN2O5S/c1-2-36-29(35)25-26(19-6-4-3-5-7-19)32-30-33(27(25)20-9-11-21(31)12-10-20)28(34)24(39-30)17-18-8-13-22-23(16-18)38-15-14-37-22/h3-13,16-17,27H,2,14-15H2,1H3/b24-17+/t27-/m1/s1. The van der Waals surface area contributed by atoms with E-state index in [-0.39, 0.29) is 12.2 Å². The van der Waals surface area contributed by atoms with Gasteiger partial charge in [-0.05, 0) is 48.4 Å². The molecule has 0 amide bonds. The van der Waals surface area contributed by atoms with Crippen LogP contribution >= 0.6 is 22.9 Å². The molecular weight excluding hydrogens is 536 g/mol. The van der Waals surface area contributed by atoms with E-state index in [4.69, 9.17) is 30.8 Å². The molecule has 3 aromatic carbocycles. The van der Waals surface area contributed by atoms with Crippen molar-refractivity contribution in [3.63, 3.8) is 0 Å². The average Bonchev–Trinajstić information content (AvgIpc) is 3.27. The van der Waals surface area contributed by atoms with Crippen LogP contribution in [0, 0.1) is 0 Å². The van der Waals surface area contributed by atoms with Gasteiger partial charge in [0.05, 0.1) is 28.5 Å². The Kier molecular flexibility index (Phi) is 6.81. The van der Waals surface area contributed by atoms with E-state index in [0.717, 1.165) is 16.7 Å². The van der Waals surface area contributed by atoms with Gasteiger partial charge in [0.25, 0.3) is 5.56 Å². The van der Waals surface area contributed by atoms with Gasteiger partial charge in [-0.25, -0.2) is 9.79 Å². The Bertz CT molecular complexity index is 1770. The number of aromatic nitrogens is 1. The van der Waals surface area contributed by atoms with Crippen LogP contribution in [0.2, 0.25) is 5.02 Å². The second-order valence-corrected chi connectivity index (χ2v) is 10.3. The molecule has 0 N–H and O–H groups in total. The molecule has 1 atom stereocenters. The minimum Gasteiger partial charge on any atom is -0.486 e. The number of hydrogen-bond donors (Lipinski definition) is 0. The van der Waals surface area contributed by atoms with Crippen molar-refractivity contribution in [3.05, 3.63) is 120 Å². The van der Waals surface area contributed by atoms with Crippen LogP contribution in [0.3, 0.4) is 0 Å². The highest BCUT2D eigenvalue weighted by molar-refractivity contribution is 7.07. The van der Waals surface area contributed by atoms with E-state index in [2.05, 4.69) is 0 Å². The molecule has 2 aliphatic heterocycles. The lowest BCUT2D eigenvalue weighted by Gasteiger charge is -2.25. The van der Waals surface area contributed by atoms with E-state index in [9.17, 15) is 9.59 Å².